The van der Waals surface area contributed by atoms with Gasteiger partial charge in [0.1, 0.15) is 20.5 Å². The number of pyridine rings is 1. The highest BCUT2D eigenvalue weighted by atomic mass is 79.9. The fraction of sp³-hybridized carbons (Fsp3) is 0.300. The van der Waals surface area contributed by atoms with Crippen molar-refractivity contribution in [2.75, 3.05) is 0 Å². The Morgan fingerprint density at radius 3 is 2.60 bits per heavy atom. The average Bonchev–Trinajstić information content (AvgIpc) is 2.07. The third kappa shape index (κ3) is 3.73. The van der Waals surface area contributed by atoms with E-state index in [1.807, 2.05) is 0 Å². The average molecular weight is 280 g/mol. The zero-order chi connectivity index (χ0) is 11.6. The molecule has 2 nitrogen and oxygen atoms in total. The molecule has 76 valence electrons. The molecular weight excluding hydrogens is 269 g/mol. The fourth-order valence-corrected chi connectivity index (χ4v) is 1.80. The van der Waals surface area contributed by atoms with Crippen molar-refractivity contribution >= 4 is 37.4 Å². The molecule has 0 aliphatic carbocycles. The molecule has 0 bridgehead atoms. The lowest BCUT2D eigenvalue weighted by Crippen LogP contribution is -2.16. The minimum atomic E-state index is -1.45. The van der Waals surface area contributed by atoms with E-state index in [-0.39, 0.29) is 5.75 Å². The van der Waals surface area contributed by atoms with Gasteiger partial charge in [-0.15, -0.1) is 5.54 Å². The lowest BCUT2D eigenvalue weighted by Gasteiger charge is -2.05. The highest BCUT2D eigenvalue weighted by Gasteiger charge is 2.09. The van der Waals surface area contributed by atoms with Crippen molar-refractivity contribution in [3.8, 4) is 17.2 Å². The summed E-state index contributed by atoms with van der Waals surface area (Å²) in [6.07, 6.45) is 0. The first-order valence-electron chi connectivity index (χ1n) is 4.48. The Balaban J connectivity index is 3.20. The van der Waals surface area contributed by atoms with Gasteiger partial charge in [0.2, 0.25) is 0 Å². The lowest BCUT2D eigenvalue weighted by atomic mass is 10.0. The van der Waals surface area contributed by atoms with Gasteiger partial charge >= 0.3 is 0 Å². The van der Waals surface area contributed by atoms with Crippen molar-refractivity contribution in [3.63, 3.8) is 0 Å². The summed E-state index contributed by atoms with van der Waals surface area (Å²) in [6, 6.07) is 1.58. The second kappa shape index (κ2) is 4.42. The molecule has 0 fully saturated rings. The minimum absolute atomic E-state index is 0.0509. The van der Waals surface area contributed by atoms with Crippen LogP contribution in [0.2, 0.25) is 19.6 Å². The molecule has 0 aromatic carbocycles. The smallest absolute Gasteiger partial charge is 0.164 e. The highest BCUT2D eigenvalue weighted by molar-refractivity contribution is 9.10. The SMILES string of the molecule is [B]c1cc(C#C[Si](C)(C)C)c(O)c(Br)n1. The van der Waals surface area contributed by atoms with Crippen LogP contribution in [0.1, 0.15) is 5.56 Å². The van der Waals surface area contributed by atoms with E-state index in [0.717, 1.165) is 0 Å². The second-order valence-corrected chi connectivity index (χ2v) is 9.74. The van der Waals surface area contributed by atoms with Crippen molar-refractivity contribution in [1.29, 1.82) is 0 Å². The summed E-state index contributed by atoms with van der Waals surface area (Å²) in [5.74, 6) is 3.00. The Hall–Kier alpha value is -0.728. The fourth-order valence-electron chi connectivity index (χ4n) is 0.876. The molecule has 1 rings (SSSR count). The van der Waals surface area contributed by atoms with Crippen LogP contribution in [0.4, 0.5) is 0 Å². The summed E-state index contributed by atoms with van der Waals surface area (Å²) in [5, 5.41) is 9.67. The summed E-state index contributed by atoms with van der Waals surface area (Å²) in [4.78, 5) is 3.87. The van der Waals surface area contributed by atoms with Crippen LogP contribution in [0.15, 0.2) is 10.7 Å². The topological polar surface area (TPSA) is 33.1 Å². The summed E-state index contributed by atoms with van der Waals surface area (Å²) in [7, 11) is 4.11. The van der Waals surface area contributed by atoms with Crippen molar-refractivity contribution in [2.45, 2.75) is 19.6 Å². The first-order chi connectivity index (χ1) is 6.79. The monoisotopic (exact) mass is 279 g/mol. The highest BCUT2D eigenvalue weighted by Crippen LogP contribution is 2.23. The zero-order valence-corrected chi connectivity index (χ0v) is 11.5. The van der Waals surface area contributed by atoms with Gasteiger partial charge in [-0.2, -0.15) is 0 Å². The largest absolute Gasteiger partial charge is 0.504 e. The maximum absolute atomic E-state index is 9.67. The van der Waals surface area contributed by atoms with Crippen LogP contribution in [0.5, 0.6) is 5.75 Å². The molecule has 0 amide bonds. The van der Waals surface area contributed by atoms with Crippen molar-refractivity contribution in [3.05, 3.63) is 16.2 Å². The molecule has 15 heavy (non-hydrogen) atoms. The number of aromatic hydroxyl groups is 1. The van der Waals surface area contributed by atoms with Crippen molar-refractivity contribution < 1.29 is 5.11 Å². The molecule has 1 aromatic heterocycles. The van der Waals surface area contributed by atoms with Gasteiger partial charge in [0.05, 0.1) is 5.56 Å². The Morgan fingerprint density at radius 2 is 2.07 bits per heavy atom. The van der Waals surface area contributed by atoms with Gasteiger partial charge in [0.15, 0.2) is 5.75 Å². The predicted molar refractivity (Wildman–Crippen MR) is 69.2 cm³/mol. The Bertz CT molecular complexity index is 445. The number of aromatic nitrogens is 1. The van der Waals surface area contributed by atoms with Gasteiger partial charge in [0.25, 0.3) is 0 Å². The number of halogens is 1. The molecule has 1 N–H and O–H groups in total. The van der Waals surface area contributed by atoms with Crippen LogP contribution < -0.4 is 5.59 Å². The van der Waals surface area contributed by atoms with Crippen LogP contribution in [-0.2, 0) is 0 Å². The lowest BCUT2D eigenvalue weighted by molar-refractivity contribution is 0.467. The van der Waals surface area contributed by atoms with Crippen LogP contribution in [-0.4, -0.2) is 26.0 Å². The maximum atomic E-state index is 9.67. The Labute approximate surface area is 101 Å². The van der Waals surface area contributed by atoms with Crippen LogP contribution in [0.25, 0.3) is 0 Å². The van der Waals surface area contributed by atoms with E-state index >= 15 is 0 Å². The molecule has 0 aliphatic rings. The zero-order valence-electron chi connectivity index (χ0n) is 8.93. The molecular formula is C10H11BBrNOSi. The quantitative estimate of drug-likeness (QED) is 0.444. The van der Waals surface area contributed by atoms with Crippen molar-refractivity contribution in [1.82, 2.24) is 4.98 Å². The van der Waals surface area contributed by atoms with E-state index < -0.39 is 8.07 Å². The molecule has 0 spiro atoms. The molecule has 0 saturated heterocycles. The number of hydrogen-bond donors (Lipinski definition) is 1. The standard InChI is InChI=1S/C10H11BBrNOSi/c1-15(2,3)5-4-7-6-8(11)13-10(12)9(7)14/h6,14H,1-3H3. The van der Waals surface area contributed by atoms with Gasteiger partial charge in [-0.25, -0.2) is 0 Å². The second-order valence-electron chi connectivity index (χ2n) is 4.23. The molecule has 0 unspecified atom stereocenters. The normalized spacial score (nSPS) is 10.7. The van der Waals surface area contributed by atoms with Crippen LogP contribution in [0, 0.1) is 11.5 Å². The van der Waals surface area contributed by atoms with E-state index in [0.29, 0.717) is 15.8 Å². The number of hydrogen-bond acceptors (Lipinski definition) is 2. The van der Waals surface area contributed by atoms with Crippen LogP contribution in [0.3, 0.4) is 0 Å². The predicted octanol–water partition coefficient (Wildman–Crippen LogP) is 1.57. The van der Waals surface area contributed by atoms with E-state index in [1.165, 1.54) is 0 Å². The first kappa shape index (κ1) is 12.3. The molecule has 1 aromatic rings. The third-order valence-electron chi connectivity index (χ3n) is 1.54. The summed E-state index contributed by atoms with van der Waals surface area (Å²) in [5.41, 5.74) is 4.03. The Kier molecular flexibility index (Phi) is 3.63. The summed E-state index contributed by atoms with van der Waals surface area (Å²) in [6.45, 7) is 6.41. The molecule has 1 heterocycles. The third-order valence-corrected chi connectivity index (χ3v) is 2.97. The number of rotatable bonds is 0. The van der Waals surface area contributed by atoms with E-state index in [9.17, 15) is 5.11 Å². The minimum Gasteiger partial charge on any atom is -0.504 e. The molecule has 5 heteroatoms. The molecule has 0 aliphatic heterocycles. The van der Waals surface area contributed by atoms with E-state index in [4.69, 9.17) is 7.85 Å². The van der Waals surface area contributed by atoms with Gasteiger partial charge in [-0.3, -0.25) is 4.98 Å². The van der Waals surface area contributed by atoms with Crippen LogP contribution >= 0.6 is 15.9 Å². The maximum Gasteiger partial charge on any atom is 0.164 e. The van der Waals surface area contributed by atoms with Crippen molar-refractivity contribution in [2.24, 2.45) is 0 Å². The molecule has 2 radical (unpaired) electrons. The van der Waals surface area contributed by atoms with E-state index in [1.54, 1.807) is 6.07 Å². The molecule has 0 saturated carbocycles. The number of nitrogens with zero attached hydrogens (tertiary/aromatic N) is 1. The first-order valence-corrected chi connectivity index (χ1v) is 8.77. The molecule has 0 atom stereocenters. The summed E-state index contributed by atoms with van der Waals surface area (Å²) < 4.78 is 0.336. The van der Waals surface area contributed by atoms with Gasteiger partial charge in [-0.1, -0.05) is 25.6 Å². The summed E-state index contributed by atoms with van der Waals surface area (Å²) >= 11 is 3.12. The van der Waals surface area contributed by atoms with Gasteiger partial charge in [-0.05, 0) is 27.6 Å². The Morgan fingerprint density at radius 1 is 1.47 bits per heavy atom. The van der Waals surface area contributed by atoms with E-state index in [2.05, 4.69) is 52.0 Å². The van der Waals surface area contributed by atoms with Gasteiger partial charge < -0.3 is 5.11 Å². The van der Waals surface area contributed by atoms with Gasteiger partial charge in [0, 0.05) is 0 Å².